The molecule has 1 rings (SSSR count). The van der Waals surface area contributed by atoms with Gasteiger partial charge in [-0.15, -0.1) is 0 Å². The van der Waals surface area contributed by atoms with E-state index in [1.165, 1.54) is 43.7 Å². The number of hydrogen-bond acceptors (Lipinski definition) is 2. The Morgan fingerprint density at radius 3 is 2.42 bits per heavy atom. The summed E-state index contributed by atoms with van der Waals surface area (Å²) < 4.78 is 0. The summed E-state index contributed by atoms with van der Waals surface area (Å²) in [5.74, 6) is 6.21. The molecule has 114 valence electrons. The van der Waals surface area contributed by atoms with Gasteiger partial charge in [-0.05, 0) is 55.2 Å². The summed E-state index contributed by atoms with van der Waals surface area (Å²) in [7, 11) is 0. The van der Waals surface area contributed by atoms with Crippen LogP contribution in [0.25, 0.3) is 0 Å². The van der Waals surface area contributed by atoms with E-state index in [0.717, 1.165) is 29.7 Å². The van der Waals surface area contributed by atoms with Gasteiger partial charge < -0.3 is 5.32 Å². The fourth-order valence-corrected chi connectivity index (χ4v) is 4.33. The maximum absolute atomic E-state index is 3.83. The summed E-state index contributed by atoms with van der Waals surface area (Å²) in [5.41, 5.74) is 0. The van der Waals surface area contributed by atoms with Crippen LogP contribution in [-0.4, -0.2) is 24.1 Å². The van der Waals surface area contributed by atoms with Crippen molar-refractivity contribution in [3.8, 4) is 0 Å². The van der Waals surface area contributed by atoms with Crippen molar-refractivity contribution in [2.45, 2.75) is 66.3 Å². The second-order valence-corrected chi connectivity index (χ2v) is 8.09. The van der Waals surface area contributed by atoms with Crippen molar-refractivity contribution >= 4 is 11.8 Å². The van der Waals surface area contributed by atoms with Gasteiger partial charge in [0.25, 0.3) is 0 Å². The highest BCUT2D eigenvalue weighted by atomic mass is 32.2. The fraction of sp³-hybridized carbons (Fsp3) is 1.00. The molecule has 19 heavy (non-hydrogen) atoms. The molecule has 1 nitrogen and oxygen atoms in total. The van der Waals surface area contributed by atoms with Crippen molar-refractivity contribution in [2.75, 3.05) is 18.1 Å². The summed E-state index contributed by atoms with van der Waals surface area (Å²) in [6.45, 7) is 13.0. The monoisotopic (exact) mass is 285 g/mol. The second-order valence-electron chi connectivity index (χ2n) is 7.02. The van der Waals surface area contributed by atoms with Crippen molar-refractivity contribution in [1.82, 2.24) is 5.32 Å². The van der Waals surface area contributed by atoms with Gasteiger partial charge in [0, 0.05) is 11.8 Å². The van der Waals surface area contributed by atoms with Crippen molar-refractivity contribution in [3.63, 3.8) is 0 Å². The summed E-state index contributed by atoms with van der Waals surface area (Å²) >= 11 is 2.15. The summed E-state index contributed by atoms with van der Waals surface area (Å²) in [4.78, 5) is 0. The molecule has 1 saturated carbocycles. The Morgan fingerprint density at radius 2 is 1.84 bits per heavy atom. The molecule has 0 radical (unpaired) electrons. The van der Waals surface area contributed by atoms with Gasteiger partial charge in [-0.2, -0.15) is 11.8 Å². The average Bonchev–Trinajstić information content (AvgIpc) is 2.36. The van der Waals surface area contributed by atoms with E-state index in [1.54, 1.807) is 0 Å². The molecule has 0 saturated heterocycles. The quantitative estimate of drug-likeness (QED) is 0.686. The summed E-state index contributed by atoms with van der Waals surface area (Å²) in [5, 5.41) is 3.83. The number of nitrogens with one attached hydrogen (secondary N) is 1. The molecule has 1 aliphatic rings. The van der Waals surface area contributed by atoms with Gasteiger partial charge in [-0.25, -0.2) is 0 Å². The molecule has 4 atom stereocenters. The summed E-state index contributed by atoms with van der Waals surface area (Å²) in [6.07, 6.45) is 5.56. The Kier molecular flexibility index (Phi) is 8.48. The first-order chi connectivity index (χ1) is 9.04. The zero-order valence-electron chi connectivity index (χ0n) is 13.7. The van der Waals surface area contributed by atoms with Crippen LogP contribution < -0.4 is 5.32 Å². The second kappa shape index (κ2) is 9.28. The maximum Gasteiger partial charge on any atom is 0.0186 e. The maximum atomic E-state index is 3.83. The van der Waals surface area contributed by atoms with Crippen molar-refractivity contribution in [2.24, 2.45) is 23.7 Å². The lowest BCUT2D eigenvalue weighted by atomic mass is 9.73. The lowest BCUT2D eigenvalue weighted by Gasteiger charge is -2.37. The predicted molar refractivity (Wildman–Crippen MR) is 89.9 cm³/mol. The van der Waals surface area contributed by atoms with Crippen molar-refractivity contribution < 1.29 is 0 Å². The van der Waals surface area contributed by atoms with Crippen LogP contribution in [0.3, 0.4) is 0 Å². The molecule has 4 unspecified atom stereocenters. The zero-order valence-corrected chi connectivity index (χ0v) is 14.6. The molecule has 0 aromatic rings. The number of hydrogen-bond donors (Lipinski definition) is 1. The van der Waals surface area contributed by atoms with Gasteiger partial charge in [0.2, 0.25) is 0 Å². The predicted octanol–water partition coefficient (Wildman–Crippen LogP) is 4.82. The van der Waals surface area contributed by atoms with Gasteiger partial charge in [0.1, 0.15) is 0 Å². The highest BCUT2D eigenvalue weighted by molar-refractivity contribution is 7.99. The van der Waals surface area contributed by atoms with Crippen LogP contribution in [0, 0.1) is 23.7 Å². The van der Waals surface area contributed by atoms with E-state index in [9.17, 15) is 0 Å². The van der Waals surface area contributed by atoms with E-state index in [-0.39, 0.29) is 0 Å². The Balaban J connectivity index is 2.43. The van der Waals surface area contributed by atoms with Gasteiger partial charge in [-0.3, -0.25) is 0 Å². The molecule has 1 fully saturated rings. The minimum Gasteiger partial charge on any atom is -0.313 e. The van der Waals surface area contributed by atoms with E-state index in [1.807, 2.05) is 0 Å². The Labute approximate surface area is 125 Å². The standard InChI is InChI=1S/C17H35NS/c1-6-9-18-17(12-19-11-13(2)3)16-8-7-14(4)15(5)10-16/h13-18H,6-12H2,1-5H3. The molecule has 0 amide bonds. The number of rotatable bonds is 8. The lowest BCUT2D eigenvalue weighted by Crippen LogP contribution is -2.42. The fourth-order valence-electron chi connectivity index (χ4n) is 3.08. The molecular weight excluding hydrogens is 250 g/mol. The van der Waals surface area contributed by atoms with Gasteiger partial charge in [0.15, 0.2) is 0 Å². The first-order valence-corrected chi connectivity index (χ1v) is 9.51. The molecule has 2 heteroatoms. The number of thioether (sulfide) groups is 1. The Bertz CT molecular complexity index is 229. The molecule has 0 heterocycles. The van der Waals surface area contributed by atoms with E-state index < -0.39 is 0 Å². The van der Waals surface area contributed by atoms with Crippen LogP contribution in [0.5, 0.6) is 0 Å². The van der Waals surface area contributed by atoms with Crippen LogP contribution in [0.15, 0.2) is 0 Å². The third-order valence-corrected chi connectivity index (χ3v) is 6.11. The van der Waals surface area contributed by atoms with Gasteiger partial charge in [-0.1, -0.05) is 41.0 Å². The van der Waals surface area contributed by atoms with E-state index in [2.05, 4.69) is 51.7 Å². The van der Waals surface area contributed by atoms with Crippen molar-refractivity contribution in [3.05, 3.63) is 0 Å². The third kappa shape index (κ3) is 6.53. The Hall–Kier alpha value is 0.310. The molecular formula is C17H35NS. The molecule has 0 aromatic heterocycles. The van der Waals surface area contributed by atoms with Crippen LogP contribution in [0.4, 0.5) is 0 Å². The molecule has 0 aromatic carbocycles. The topological polar surface area (TPSA) is 12.0 Å². The molecule has 0 spiro atoms. The third-order valence-electron chi connectivity index (χ3n) is 4.61. The minimum atomic E-state index is 0.749. The Morgan fingerprint density at radius 1 is 1.11 bits per heavy atom. The minimum absolute atomic E-state index is 0.749. The van der Waals surface area contributed by atoms with E-state index in [0.29, 0.717) is 0 Å². The largest absolute Gasteiger partial charge is 0.313 e. The first-order valence-electron chi connectivity index (χ1n) is 8.35. The highest BCUT2D eigenvalue weighted by Gasteiger charge is 2.29. The van der Waals surface area contributed by atoms with Crippen molar-refractivity contribution in [1.29, 1.82) is 0 Å². The van der Waals surface area contributed by atoms with Crippen LogP contribution in [0.1, 0.15) is 60.3 Å². The van der Waals surface area contributed by atoms with Crippen LogP contribution in [-0.2, 0) is 0 Å². The van der Waals surface area contributed by atoms with E-state index >= 15 is 0 Å². The lowest BCUT2D eigenvalue weighted by molar-refractivity contribution is 0.178. The summed E-state index contributed by atoms with van der Waals surface area (Å²) in [6, 6.07) is 0.749. The SMILES string of the molecule is CCCNC(CSCC(C)C)C1CCC(C)C(C)C1. The van der Waals surface area contributed by atoms with Gasteiger partial charge in [0.05, 0.1) is 0 Å². The van der Waals surface area contributed by atoms with Crippen LogP contribution >= 0.6 is 11.8 Å². The highest BCUT2D eigenvalue weighted by Crippen LogP contribution is 2.35. The zero-order chi connectivity index (χ0) is 14.3. The molecule has 1 aliphatic carbocycles. The molecule has 0 aliphatic heterocycles. The molecule has 1 N–H and O–H groups in total. The normalized spacial score (nSPS) is 29.7. The van der Waals surface area contributed by atoms with E-state index in [4.69, 9.17) is 0 Å². The van der Waals surface area contributed by atoms with Crippen LogP contribution in [0.2, 0.25) is 0 Å². The smallest absolute Gasteiger partial charge is 0.0186 e. The average molecular weight is 286 g/mol. The first kappa shape index (κ1) is 17.4. The molecule has 0 bridgehead atoms. The van der Waals surface area contributed by atoms with Gasteiger partial charge >= 0.3 is 0 Å².